The summed E-state index contributed by atoms with van der Waals surface area (Å²) in [6.07, 6.45) is 2.08. The van der Waals surface area contributed by atoms with Crippen LogP contribution in [0, 0.1) is 18.3 Å². The molecule has 24 heavy (non-hydrogen) atoms. The Balaban J connectivity index is 1.97. The maximum Gasteiger partial charge on any atom is 0.145 e. The summed E-state index contributed by atoms with van der Waals surface area (Å²) in [5.74, 6) is 0.855. The van der Waals surface area contributed by atoms with Crippen LogP contribution in [0.1, 0.15) is 10.4 Å². The van der Waals surface area contributed by atoms with Gasteiger partial charge in [-0.25, -0.2) is 4.98 Å². The predicted octanol–water partition coefficient (Wildman–Crippen LogP) is 5.56. The number of imidazole rings is 1. The van der Waals surface area contributed by atoms with E-state index in [2.05, 4.69) is 23.6 Å². The molecule has 0 radical (unpaired) electrons. The van der Waals surface area contributed by atoms with Gasteiger partial charge < -0.3 is 0 Å². The lowest BCUT2D eigenvalue weighted by Gasteiger charge is -2.00. The van der Waals surface area contributed by atoms with Gasteiger partial charge in [0.05, 0.1) is 16.7 Å². The molecule has 0 fully saturated rings. The molecule has 0 aliphatic heterocycles. The molecule has 4 rings (SSSR count). The molecule has 116 valence electrons. The highest BCUT2D eigenvalue weighted by Crippen LogP contribution is 2.37. The summed E-state index contributed by atoms with van der Waals surface area (Å²) < 4.78 is 2.10. The van der Waals surface area contributed by atoms with Crippen molar-refractivity contribution in [2.45, 2.75) is 6.92 Å². The number of nitriles is 1. The molecule has 0 aliphatic rings. The molecule has 0 saturated heterocycles. The fourth-order valence-electron chi connectivity index (χ4n) is 2.72. The first-order valence-electron chi connectivity index (χ1n) is 7.41. The van der Waals surface area contributed by atoms with Crippen molar-refractivity contribution in [3.63, 3.8) is 0 Å². The quantitative estimate of drug-likeness (QED) is 0.475. The molecule has 2 heterocycles. The van der Waals surface area contributed by atoms with Crippen molar-refractivity contribution < 1.29 is 0 Å². The number of rotatable bonds is 2. The van der Waals surface area contributed by atoms with Gasteiger partial charge in [0.25, 0.3) is 0 Å². The zero-order valence-electron chi connectivity index (χ0n) is 12.8. The Morgan fingerprint density at radius 1 is 1.12 bits per heavy atom. The van der Waals surface area contributed by atoms with E-state index >= 15 is 0 Å². The molecule has 0 atom stereocenters. The third kappa shape index (κ3) is 2.39. The summed E-state index contributed by atoms with van der Waals surface area (Å²) in [7, 11) is 0. The molecule has 0 unspecified atom stereocenters. The highest BCUT2D eigenvalue weighted by Gasteiger charge is 2.18. The largest absolute Gasteiger partial charge is 0.290 e. The van der Waals surface area contributed by atoms with Crippen LogP contribution in [-0.4, -0.2) is 9.38 Å². The van der Waals surface area contributed by atoms with Gasteiger partial charge >= 0.3 is 0 Å². The molecule has 2 aromatic carbocycles. The first-order chi connectivity index (χ1) is 11.7. The Kier molecular flexibility index (Phi) is 3.61. The van der Waals surface area contributed by atoms with Gasteiger partial charge in [0, 0.05) is 22.2 Å². The molecule has 0 saturated carbocycles. The van der Waals surface area contributed by atoms with E-state index < -0.39 is 0 Å². The fourth-order valence-corrected chi connectivity index (χ4v) is 3.90. The van der Waals surface area contributed by atoms with E-state index in [9.17, 15) is 0 Å². The standard InChI is InChI=1S/C19H12ClN3S/c1-12-11-23-18(14-8-6-13(10-21)7-9-14)22-17(19(23)24-12)15-4-2-3-5-16(15)20/h2-9,11H,1H3. The third-order valence-electron chi connectivity index (χ3n) is 3.84. The van der Waals surface area contributed by atoms with Gasteiger partial charge in [0.15, 0.2) is 0 Å². The summed E-state index contributed by atoms with van der Waals surface area (Å²) in [6, 6.07) is 17.4. The van der Waals surface area contributed by atoms with Crippen molar-refractivity contribution in [1.82, 2.24) is 9.38 Å². The number of halogens is 1. The maximum atomic E-state index is 8.97. The molecule has 0 spiro atoms. The van der Waals surface area contributed by atoms with Crippen molar-refractivity contribution in [1.29, 1.82) is 5.26 Å². The van der Waals surface area contributed by atoms with Gasteiger partial charge in [-0.1, -0.05) is 29.8 Å². The van der Waals surface area contributed by atoms with Crippen molar-refractivity contribution >= 4 is 27.8 Å². The number of aromatic nitrogens is 2. The first-order valence-corrected chi connectivity index (χ1v) is 8.61. The summed E-state index contributed by atoms with van der Waals surface area (Å²) in [5.41, 5.74) is 3.43. The van der Waals surface area contributed by atoms with Crippen molar-refractivity contribution in [2.24, 2.45) is 0 Å². The van der Waals surface area contributed by atoms with Gasteiger partial charge in [-0.15, -0.1) is 11.3 Å². The van der Waals surface area contributed by atoms with E-state index in [1.54, 1.807) is 11.3 Å². The summed E-state index contributed by atoms with van der Waals surface area (Å²) in [4.78, 5) is 7.13. The Bertz CT molecular complexity index is 1080. The minimum absolute atomic E-state index is 0.638. The van der Waals surface area contributed by atoms with E-state index in [1.807, 2.05) is 48.5 Å². The summed E-state index contributed by atoms with van der Waals surface area (Å²) in [5, 5.41) is 9.66. The van der Waals surface area contributed by atoms with Gasteiger partial charge in [-0.05, 0) is 37.3 Å². The predicted molar refractivity (Wildman–Crippen MR) is 98.4 cm³/mol. The van der Waals surface area contributed by atoms with Crippen LogP contribution in [-0.2, 0) is 0 Å². The van der Waals surface area contributed by atoms with Crippen LogP contribution < -0.4 is 0 Å². The van der Waals surface area contributed by atoms with Crippen LogP contribution in [0.4, 0.5) is 0 Å². The summed E-state index contributed by atoms with van der Waals surface area (Å²) in [6.45, 7) is 2.08. The number of benzene rings is 2. The number of fused-ring (bicyclic) bond motifs is 1. The normalized spacial score (nSPS) is 10.9. The Morgan fingerprint density at radius 3 is 2.58 bits per heavy atom. The smallest absolute Gasteiger partial charge is 0.145 e. The van der Waals surface area contributed by atoms with E-state index in [0.29, 0.717) is 10.6 Å². The van der Waals surface area contributed by atoms with Crippen LogP contribution in [0.2, 0.25) is 5.02 Å². The molecular weight excluding hydrogens is 338 g/mol. The zero-order chi connectivity index (χ0) is 16.7. The van der Waals surface area contributed by atoms with Crippen LogP contribution in [0.25, 0.3) is 27.5 Å². The SMILES string of the molecule is Cc1cn2c(-c3ccc(C#N)cc3)nc(-c3ccccc3Cl)c2s1. The van der Waals surface area contributed by atoms with Crippen LogP contribution in [0.5, 0.6) is 0 Å². The van der Waals surface area contributed by atoms with E-state index in [-0.39, 0.29) is 0 Å². The van der Waals surface area contributed by atoms with Crippen LogP contribution in [0.15, 0.2) is 54.7 Å². The number of hydrogen-bond acceptors (Lipinski definition) is 3. The third-order valence-corrected chi connectivity index (χ3v) is 5.18. The number of thiazole rings is 1. The average molecular weight is 350 g/mol. The molecule has 4 aromatic rings. The maximum absolute atomic E-state index is 8.97. The van der Waals surface area contributed by atoms with E-state index in [0.717, 1.165) is 27.5 Å². The van der Waals surface area contributed by atoms with Gasteiger partial charge in [0.1, 0.15) is 16.3 Å². The van der Waals surface area contributed by atoms with E-state index in [1.165, 1.54) is 4.88 Å². The number of aryl methyl sites for hydroxylation is 1. The number of hydrogen-bond donors (Lipinski definition) is 0. The average Bonchev–Trinajstić information content (AvgIpc) is 3.13. The second-order valence-electron chi connectivity index (χ2n) is 5.47. The first kappa shape index (κ1) is 14.9. The molecule has 5 heteroatoms. The highest BCUT2D eigenvalue weighted by atomic mass is 35.5. The highest BCUT2D eigenvalue weighted by molar-refractivity contribution is 7.17. The molecule has 3 nitrogen and oxygen atoms in total. The van der Waals surface area contributed by atoms with E-state index in [4.69, 9.17) is 21.8 Å². The van der Waals surface area contributed by atoms with Crippen LogP contribution in [0.3, 0.4) is 0 Å². The lowest BCUT2D eigenvalue weighted by Crippen LogP contribution is -1.86. The van der Waals surface area contributed by atoms with Gasteiger partial charge in [0.2, 0.25) is 0 Å². The molecular formula is C19H12ClN3S. The van der Waals surface area contributed by atoms with Crippen LogP contribution >= 0.6 is 22.9 Å². The molecule has 2 aromatic heterocycles. The zero-order valence-corrected chi connectivity index (χ0v) is 14.4. The van der Waals surface area contributed by atoms with Gasteiger partial charge in [-0.3, -0.25) is 4.40 Å². The Labute approximate surface area is 148 Å². The molecule has 0 N–H and O–H groups in total. The second-order valence-corrected chi connectivity index (χ2v) is 7.11. The Hall–Kier alpha value is -2.61. The minimum Gasteiger partial charge on any atom is -0.290 e. The second kappa shape index (κ2) is 5.79. The fraction of sp³-hybridized carbons (Fsp3) is 0.0526. The molecule has 0 amide bonds. The molecule has 0 aliphatic carbocycles. The van der Waals surface area contributed by atoms with Gasteiger partial charge in [-0.2, -0.15) is 5.26 Å². The monoisotopic (exact) mass is 349 g/mol. The van der Waals surface area contributed by atoms with Crippen molar-refractivity contribution in [3.05, 3.63) is 70.2 Å². The molecule has 0 bridgehead atoms. The van der Waals surface area contributed by atoms with Crippen molar-refractivity contribution in [2.75, 3.05) is 0 Å². The lowest BCUT2D eigenvalue weighted by molar-refractivity contribution is 1.17. The lowest BCUT2D eigenvalue weighted by atomic mass is 10.1. The Morgan fingerprint density at radius 2 is 1.88 bits per heavy atom. The minimum atomic E-state index is 0.638. The summed E-state index contributed by atoms with van der Waals surface area (Å²) >= 11 is 8.08. The van der Waals surface area contributed by atoms with Crippen molar-refractivity contribution in [3.8, 4) is 28.7 Å². The number of nitrogens with zero attached hydrogens (tertiary/aromatic N) is 3. The topological polar surface area (TPSA) is 41.1 Å².